The maximum Gasteiger partial charge on any atom is 0.321 e. The summed E-state index contributed by atoms with van der Waals surface area (Å²) < 4.78 is 0. The SMILES string of the molecule is CC(C)C1CCCC(N2CCC(C)C2C(=O)O)C1. The zero-order valence-electron chi connectivity index (χ0n) is 11.9. The Morgan fingerprint density at radius 3 is 2.61 bits per heavy atom. The molecule has 1 heterocycles. The van der Waals surface area contributed by atoms with Gasteiger partial charge in [0.2, 0.25) is 0 Å². The molecule has 0 aromatic rings. The molecule has 0 aromatic heterocycles. The predicted octanol–water partition coefficient (Wildman–Crippen LogP) is 3.00. The van der Waals surface area contributed by atoms with Crippen LogP contribution in [-0.2, 0) is 4.79 Å². The van der Waals surface area contributed by atoms with Crippen LogP contribution in [0.2, 0.25) is 0 Å². The quantitative estimate of drug-likeness (QED) is 0.840. The molecule has 104 valence electrons. The van der Waals surface area contributed by atoms with Gasteiger partial charge in [0.15, 0.2) is 0 Å². The fraction of sp³-hybridized carbons (Fsp3) is 0.933. The first-order chi connectivity index (χ1) is 8.50. The van der Waals surface area contributed by atoms with Crippen molar-refractivity contribution in [2.45, 2.75) is 65.0 Å². The Morgan fingerprint density at radius 2 is 2.00 bits per heavy atom. The number of rotatable bonds is 3. The van der Waals surface area contributed by atoms with Crippen molar-refractivity contribution in [1.29, 1.82) is 0 Å². The van der Waals surface area contributed by atoms with Crippen molar-refractivity contribution < 1.29 is 9.90 Å². The summed E-state index contributed by atoms with van der Waals surface area (Å²) in [5.74, 6) is 1.21. The van der Waals surface area contributed by atoms with Crippen LogP contribution in [0.1, 0.15) is 52.9 Å². The third kappa shape index (κ3) is 2.71. The Hall–Kier alpha value is -0.570. The van der Waals surface area contributed by atoms with E-state index in [0.29, 0.717) is 12.0 Å². The van der Waals surface area contributed by atoms with E-state index in [9.17, 15) is 9.90 Å². The van der Waals surface area contributed by atoms with Gasteiger partial charge in [-0.2, -0.15) is 0 Å². The average Bonchev–Trinajstić information content (AvgIpc) is 2.71. The minimum Gasteiger partial charge on any atom is -0.480 e. The number of carbonyl (C=O) groups is 1. The number of hydrogen-bond acceptors (Lipinski definition) is 2. The van der Waals surface area contributed by atoms with Gasteiger partial charge in [0, 0.05) is 6.04 Å². The number of hydrogen-bond donors (Lipinski definition) is 1. The maximum absolute atomic E-state index is 11.4. The Morgan fingerprint density at radius 1 is 1.28 bits per heavy atom. The summed E-state index contributed by atoms with van der Waals surface area (Å²) >= 11 is 0. The molecule has 3 heteroatoms. The van der Waals surface area contributed by atoms with Crippen LogP contribution in [0.25, 0.3) is 0 Å². The lowest BCUT2D eigenvalue weighted by Crippen LogP contribution is -2.47. The van der Waals surface area contributed by atoms with Gasteiger partial charge in [-0.25, -0.2) is 0 Å². The van der Waals surface area contributed by atoms with Gasteiger partial charge < -0.3 is 5.11 Å². The van der Waals surface area contributed by atoms with Gasteiger partial charge in [0.25, 0.3) is 0 Å². The van der Waals surface area contributed by atoms with Crippen molar-refractivity contribution in [2.75, 3.05) is 6.54 Å². The number of aliphatic carboxylic acids is 1. The van der Waals surface area contributed by atoms with E-state index >= 15 is 0 Å². The fourth-order valence-corrected chi connectivity index (χ4v) is 3.88. The van der Waals surface area contributed by atoms with Gasteiger partial charge in [-0.1, -0.05) is 33.6 Å². The summed E-state index contributed by atoms with van der Waals surface area (Å²) in [6, 6.07) is 0.276. The molecule has 4 atom stereocenters. The van der Waals surface area contributed by atoms with E-state index in [0.717, 1.165) is 24.8 Å². The Balaban J connectivity index is 2.04. The van der Waals surface area contributed by atoms with Gasteiger partial charge >= 0.3 is 5.97 Å². The van der Waals surface area contributed by atoms with Gasteiger partial charge in [-0.15, -0.1) is 0 Å². The van der Waals surface area contributed by atoms with E-state index in [1.165, 1.54) is 25.7 Å². The van der Waals surface area contributed by atoms with Crippen LogP contribution < -0.4 is 0 Å². The first-order valence-corrected chi connectivity index (χ1v) is 7.49. The second kappa shape index (κ2) is 5.60. The topological polar surface area (TPSA) is 40.5 Å². The molecule has 0 aromatic carbocycles. The first-order valence-electron chi connectivity index (χ1n) is 7.49. The van der Waals surface area contributed by atoms with Crippen molar-refractivity contribution in [3.8, 4) is 0 Å². The second-order valence-electron chi connectivity index (χ2n) is 6.61. The third-order valence-corrected chi connectivity index (χ3v) is 5.09. The minimum atomic E-state index is -0.619. The highest BCUT2D eigenvalue weighted by Gasteiger charge is 2.41. The molecule has 1 N–H and O–H groups in total. The van der Waals surface area contributed by atoms with E-state index in [1.54, 1.807) is 0 Å². The smallest absolute Gasteiger partial charge is 0.321 e. The largest absolute Gasteiger partial charge is 0.480 e. The fourth-order valence-electron chi connectivity index (χ4n) is 3.88. The van der Waals surface area contributed by atoms with Crippen molar-refractivity contribution in [2.24, 2.45) is 17.8 Å². The van der Waals surface area contributed by atoms with E-state index in [4.69, 9.17) is 0 Å². The second-order valence-corrected chi connectivity index (χ2v) is 6.61. The molecule has 0 amide bonds. The van der Waals surface area contributed by atoms with E-state index in [-0.39, 0.29) is 6.04 Å². The van der Waals surface area contributed by atoms with Crippen LogP contribution in [0.3, 0.4) is 0 Å². The molecule has 3 nitrogen and oxygen atoms in total. The molecule has 0 spiro atoms. The molecule has 1 saturated heterocycles. The zero-order valence-corrected chi connectivity index (χ0v) is 11.9. The summed E-state index contributed by atoms with van der Waals surface area (Å²) in [5.41, 5.74) is 0. The average molecular weight is 253 g/mol. The van der Waals surface area contributed by atoms with Crippen molar-refractivity contribution >= 4 is 5.97 Å². The molecule has 1 aliphatic carbocycles. The Labute approximate surface area is 111 Å². The highest BCUT2D eigenvalue weighted by atomic mass is 16.4. The molecule has 2 fully saturated rings. The normalized spacial score (nSPS) is 38.2. The van der Waals surface area contributed by atoms with Crippen LogP contribution in [-0.4, -0.2) is 34.6 Å². The number of nitrogens with zero attached hydrogens (tertiary/aromatic N) is 1. The summed E-state index contributed by atoms with van der Waals surface area (Å²) in [6.07, 6.45) is 6.04. The molecular formula is C15H27NO2. The third-order valence-electron chi connectivity index (χ3n) is 5.09. The van der Waals surface area contributed by atoms with Crippen molar-refractivity contribution in [3.05, 3.63) is 0 Å². The molecule has 1 aliphatic heterocycles. The van der Waals surface area contributed by atoms with Crippen LogP contribution >= 0.6 is 0 Å². The van der Waals surface area contributed by atoms with Gasteiger partial charge in [-0.05, 0) is 43.6 Å². The summed E-state index contributed by atoms with van der Waals surface area (Å²) in [6.45, 7) is 7.66. The van der Waals surface area contributed by atoms with Crippen molar-refractivity contribution in [1.82, 2.24) is 4.90 Å². The highest BCUT2D eigenvalue weighted by molar-refractivity contribution is 5.74. The number of carboxylic acid groups (broad SMARTS) is 1. The predicted molar refractivity (Wildman–Crippen MR) is 72.5 cm³/mol. The molecular weight excluding hydrogens is 226 g/mol. The number of likely N-dealkylation sites (tertiary alicyclic amines) is 1. The van der Waals surface area contributed by atoms with Gasteiger partial charge in [0.05, 0.1) is 0 Å². The lowest BCUT2D eigenvalue weighted by Gasteiger charge is -2.39. The Bertz CT molecular complexity index is 303. The summed E-state index contributed by atoms with van der Waals surface area (Å²) in [5, 5.41) is 9.42. The monoisotopic (exact) mass is 253 g/mol. The van der Waals surface area contributed by atoms with Crippen molar-refractivity contribution in [3.63, 3.8) is 0 Å². The molecule has 18 heavy (non-hydrogen) atoms. The molecule has 0 radical (unpaired) electrons. The van der Waals surface area contributed by atoms with E-state index in [1.807, 2.05) is 0 Å². The van der Waals surface area contributed by atoms with Crippen LogP contribution in [0.15, 0.2) is 0 Å². The Kier molecular flexibility index (Phi) is 4.31. The lowest BCUT2D eigenvalue weighted by atomic mass is 9.78. The van der Waals surface area contributed by atoms with Gasteiger partial charge in [-0.3, -0.25) is 9.69 Å². The molecule has 2 rings (SSSR count). The summed E-state index contributed by atoms with van der Waals surface area (Å²) in [4.78, 5) is 13.7. The number of carboxylic acids is 1. The molecule has 0 bridgehead atoms. The minimum absolute atomic E-state index is 0.235. The first kappa shape index (κ1) is 13.9. The van der Waals surface area contributed by atoms with Crippen LogP contribution in [0.4, 0.5) is 0 Å². The molecule has 1 saturated carbocycles. The van der Waals surface area contributed by atoms with E-state index in [2.05, 4.69) is 25.7 Å². The maximum atomic E-state index is 11.4. The molecule has 2 aliphatic rings. The zero-order chi connectivity index (χ0) is 13.3. The standard InChI is InChI=1S/C15H27NO2/c1-10(2)12-5-4-6-13(9-12)16-8-7-11(3)14(16)15(17)18/h10-14H,4-9H2,1-3H3,(H,17,18). The van der Waals surface area contributed by atoms with E-state index < -0.39 is 5.97 Å². The highest BCUT2D eigenvalue weighted by Crippen LogP contribution is 2.36. The lowest BCUT2D eigenvalue weighted by molar-refractivity contribution is -0.144. The molecule has 4 unspecified atom stereocenters. The summed E-state index contributed by atoms with van der Waals surface area (Å²) in [7, 11) is 0. The van der Waals surface area contributed by atoms with Gasteiger partial charge in [0.1, 0.15) is 6.04 Å². The van der Waals surface area contributed by atoms with Crippen LogP contribution in [0, 0.1) is 17.8 Å². The van der Waals surface area contributed by atoms with Crippen LogP contribution in [0.5, 0.6) is 0 Å².